The monoisotopic (exact) mass is 433 g/mol. The average molecular weight is 433 g/mol. The van der Waals surface area contributed by atoms with E-state index in [1.54, 1.807) is 0 Å². The zero-order chi connectivity index (χ0) is 22.9. The Labute approximate surface area is 172 Å². The fraction of sp³-hybridized carbons (Fsp3) is 0.158. The molecule has 31 heavy (non-hydrogen) atoms. The van der Waals surface area contributed by atoms with E-state index in [0.717, 1.165) is 25.1 Å². The molecule has 2 aromatic rings. The Morgan fingerprint density at radius 3 is 2.55 bits per heavy atom. The van der Waals surface area contributed by atoms with Gasteiger partial charge < -0.3 is 10.1 Å². The van der Waals surface area contributed by atoms with Crippen molar-refractivity contribution in [2.45, 2.75) is 13.0 Å². The third-order valence-electron chi connectivity index (χ3n) is 4.33. The summed E-state index contributed by atoms with van der Waals surface area (Å²) in [6, 6.07) is 5.92. The number of hydrogen-bond acceptors (Lipinski definition) is 7. The molecule has 12 heteroatoms. The smallest absolute Gasteiger partial charge is 0.326 e. The lowest BCUT2D eigenvalue weighted by molar-refractivity contribution is -0.385. The van der Waals surface area contributed by atoms with Gasteiger partial charge in [0.1, 0.15) is 23.7 Å². The summed E-state index contributed by atoms with van der Waals surface area (Å²) in [5.41, 5.74) is -1.60. The van der Waals surface area contributed by atoms with E-state index in [1.165, 1.54) is 12.1 Å². The summed E-state index contributed by atoms with van der Waals surface area (Å²) in [5.74, 6) is -5.97. The third kappa shape index (κ3) is 4.22. The Morgan fingerprint density at radius 2 is 1.90 bits per heavy atom. The first-order valence-electron chi connectivity index (χ1n) is 8.69. The molecule has 1 atom stereocenters. The number of carbonyl (C=O) groups excluding carboxylic acids is 4. The molecule has 1 heterocycles. The fourth-order valence-corrected chi connectivity index (χ4v) is 2.85. The van der Waals surface area contributed by atoms with E-state index < -0.39 is 64.1 Å². The highest BCUT2D eigenvalue weighted by molar-refractivity contribution is 6.24. The molecule has 1 unspecified atom stereocenters. The highest BCUT2D eigenvalue weighted by Crippen LogP contribution is 2.30. The summed E-state index contributed by atoms with van der Waals surface area (Å²) < 4.78 is 31.4. The van der Waals surface area contributed by atoms with Gasteiger partial charge in [0.15, 0.2) is 6.10 Å². The van der Waals surface area contributed by atoms with Crippen LogP contribution in [0.2, 0.25) is 0 Å². The maximum Gasteiger partial charge on any atom is 0.326 e. The molecular weight excluding hydrogens is 420 g/mol. The van der Waals surface area contributed by atoms with Crippen LogP contribution in [0.3, 0.4) is 0 Å². The van der Waals surface area contributed by atoms with Gasteiger partial charge in [-0.15, -0.1) is 0 Å². The van der Waals surface area contributed by atoms with Crippen molar-refractivity contribution in [2.75, 3.05) is 11.9 Å². The molecule has 3 rings (SSSR count). The summed E-state index contributed by atoms with van der Waals surface area (Å²) in [5, 5.41) is 13.2. The predicted molar refractivity (Wildman–Crippen MR) is 99.0 cm³/mol. The zero-order valence-corrected chi connectivity index (χ0v) is 15.8. The topological polar surface area (TPSA) is 136 Å². The van der Waals surface area contributed by atoms with Crippen molar-refractivity contribution in [3.63, 3.8) is 0 Å². The number of carbonyl (C=O) groups is 4. The van der Waals surface area contributed by atoms with E-state index in [9.17, 15) is 38.1 Å². The van der Waals surface area contributed by atoms with Gasteiger partial charge >= 0.3 is 5.97 Å². The Balaban J connectivity index is 1.66. The highest BCUT2D eigenvalue weighted by atomic mass is 19.1. The van der Waals surface area contributed by atoms with E-state index >= 15 is 0 Å². The summed E-state index contributed by atoms with van der Waals surface area (Å²) in [4.78, 5) is 59.7. The van der Waals surface area contributed by atoms with Crippen LogP contribution >= 0.6 is 0 Å². The quantitative estimate of drug-likeness (QED) is 0.319. The number of nitrogens with zero attached hydrogens (tertiary/aromatic N) is 2. The Hall–Kier alpha value is -4.22. The van der Waals surface area contributed by atoms with Crippen LogP contribution in [0.5, 0.6) is 0 Å². The van der Waals surface area contributed by atoms with Gasteiger partial charge in [0, 0.05) is 12.1 Å². The van der Waals surface area contributed by atoms with Crippen LogP contribution in [0.25, 0.3) is 0 Å². The number of halogens is 2. The van der Waals surface area contributed by atoms with Gasteiger partial charge in [-0.1, -0.05) is 6.07 Å². The molecule has 2 aromatic carbocycles. The van der Waals surface area contributed by atoms with Crippen LogP contribution in [0.1, 0.15) is 27.6 Å². The number of anilines is 1. The summed E-state index contributed by atoms with van der Waals surface area (Å²) in [7, 11) is 0. The number of amides is 3. The number of imide groups is 1. The lowest BCUT2D eigenvalue weighted by Crippen LogP contribution is -2.38. The molecule has 3 amide bonds. The zero-order valence-electron chi connectivity index (χ0n) is 15.8. The van der Waals surface area contributed by atoms with Gasteiger partial charge in [0.25, 0.3) is 23.4 Å². The standard InChI is InChI=1S/C19H13F2N3O7/c1-9(17(26)22-13-6-5-10(20)7-12(13)21)31-15(25)8-23-18(27)11-3-2-4-14(24(29)30)16(11)19(23)28/h2-7,9H,8H2,1H3,(H,22,26). The first-order chi connectivity index (χ1) is 14.6. The van der Waals surface area contributed by atoms with Gasteiger partial charge in [-0.2, -0.15) is 0 Å². The van der Waals surface area contributed by atoms with E-state index in [0.29, 0.717) is 11.0 Å². The lowest BCUT2D eigenvalue weighted by Gasteiger charge is -2.17. The molecule has 0 saturated carbocycles. The van der Waals surface area contributed by atoms with Crippen molar-refractivity contribution < 1.29 is 37.6 Å². The van der Waals surface area contributed by atoms with Gasteiger partial charge in [-0.3, -0.25) is 34.2 Å². The third-order valence-corrected chi connectivity index (χ3v) is 4.33. The molecule has 0 aliphatic carbocycles. The van der Waals surface area contributed by atoms with Crippen molar-refractivity contribution in [3.05, 3.63) is 69.3 Å². The van der Waals surface area contributed by atoms with Gasteiger partial charge in [0.05, 0.1) is 16.2 Å². The average Bonchev–Trinajstić information content (AvgIpc) is 2.94. The highest BCUT2D eigenvalue weighted by Gasteiger charge is 2.42. The number of fused-ring (bicyclic) bond motifs is 1. The molecule has 1 aliphatic heterocycles. The van der Waals surface area contributed by atoms with E-state index in [2.05, 4.69) is 5.32 Å². The summed E-state index contributed by atoms with van der Waals surface area (Å²) in [6.07, 6.45) is -1.46. The second kappa shape index (κ2) is 8.26. The van der Waals surface area contributed by atoms with E-state index in [1.807, 2.05) is 0 Å². The van der Waals surface area contributed by atoms with Crippen LogP contribution in [0.15, 0.2) is 36.4 Å². The fourth-order valence-electron chi connectivity index (χ4n) is 2.85. The summed E-state index contributed by atoms with van der Waals surface area (Å²) >= 11 is 0. The Kier molecular flexibility index (Phi) is 5.72. The number of ether oxygens (including phenoxy) is 1. The number of hydrogen-bond donors (Lipinski definition) is 1. The SMILES string of the molecule is CC(OC(=O)CN1C(=O)c2cccc([N+](=O)[O-])c2C1=O)C(=O)Nc1ccc(F)cc1F. The number of nitro benzene ring substituents is 1. The molecule has 1 aliphatic rings. The van der Waals surface area contributed by atoms with Crippen LogP contribution in [0.4, 0.5) is 20.2 Å². The van der Waals surface area contributed by atoms with Crippen molar-refractivity contribution in [3.8, 4) is 0 Å². The van der Waals surface area contributed by atoms with Gasteiger partial charge in [-0.25, -0.2) is 8.78 Å². The molecule has 0 fully saturated rings. The van der Waals surface area contributed by atoms with Crippen LogP contribution in [-0.2, 0) is 14.3 Å². The Bertz CT molecular complexity index is 1140. The molecule has 0 saturated heterocycles. The van der Waals surface area contributed by atoms with Crippen LogP contribution in [0, 0.1) is 21.7 Å². The van der Waals surface area contributed by atoms with Crippen molar-refractivity contribution in [1.82, 2.24) is 4.90 Å². The number of rotatable bonds is 6. The molecule has 0 bridgehead atoms. The largest absolute Gasteiger partial charge is 0.451 e. The molecule has 0 spiro atoms. The lowest BCUT2D eigenvalue weighted by atomic mass is 10.1. The summed E-state index contributed by atoms with van der Waals surface area (Å²) in [6.45, 7) is 0.258. The van der Waals surface area contributed by atoms with Crippen LogP contribution < -0.4 is 5.32 Å². The number of nitro groups is 1. The minimum atomic E-state index is -1.46. The normalized spacial score (nSPS) is 13.6. The number of nitrogens with one attached hydrogen (secondary N) is 1. The van der Waals surface area contributed by atoms with Gasteiger partial charge in [-0.05, 0) is 25.1 Å². The predicted octanol–water partition coefficient (Wildman–Crippen LogP) is 2.04. The first kappa shape index (κ1) is 21.5. The molecule has 0 radical (unpaired) electrons. The first-order valence-corrected chi connectivity index (χ1v) is 8.69. The second-order valence-electron chi connectivity index (χ2n) is 6.40. The molecule has 1 N–H and O–H groups in total. The Morgan fingerprint density at radius 1 is 1.19 bits per heavy atom. The van der Waals surface area contributed by atoms with Crippen LogP contribution in [-0.4, -0.2) is 46.2 Å². The molecule has 10 nitrogen and oxygen atoms in total. The van der Waals surface area contributed by atoms with Crippen molar-refractivity contribution >= 4 is 35.1 Å². The molecule has 0 aromatic heterocycles. The molecular formula is C19H13F2N3O7. The van der Waals surface area contributed by atoms with E-state index in [-0.39, 0.29) is 11.3 Å². The van der Waals surface area contributed by atoms with Crippen molar-refractivity contribution in [1.29, 1.82) is 0 Å². The molecule has 160 valence electrons. The number of benzene rings is 2. The minimum Gasteiger partial charge on any atom is -0.451 e. The number of esters is 1. The van der Waals surface area contributed by atoms with Gasteiger partial charge in [0.2, 0.25) is 0 Å². The minimum absolute atomic E-state index is 0.232. The van der Waals surface area contributed by atoms with Crippen molar-refractivity contribution in [2.24, 2.45) is 0 Å². The maximum absolute atomic E-state index is 13.6. The second-order valence-corrected chi connectivity index (χ2v) is 6.40. The van der Waals surface area contributed by atoms with E-state index in [4.69, 9.17) is 4.74 Å². The maximum atomic E-state index is 13.6.